The molecular weight excluding hydrogens is 275 g/mol. The van der Waals surface area contributed by atoms with Crippen molar-refractivity contribution in [2.45, 2.75) is 10.6 Å². The minimum absolute atomic E-state index is 0.186. The van der Waals surface area contributed by atoms with E-state index < -0.39 is 16.6 Å². The molecule has 0 amide bonds. The van der Waals surface area contributed by atoms with Crippen molar-refractivity contribution in [2.24, 2.45) is 0 Å². The lowest BCUT2D eigenvalue weighted by molar-refractivity contribution is 0.619. The van der Waals surface area contributed by atoms with Crippen molar-refractivity contribution >= 4 is 28.1 Å². The third kappa shape index (κ3) is 3.05. The van der Waals surface area contributed by atoms with Crippen LogP contribution in [-0.4, -0.2) is 9.19 Å². The summed E-state index contributed by atoms with van der Waals surface area (Å²) in [5.41, 5.74) is 6.58. The van der Waals surface area contributed by atoms with Crippen molar-refractivity contribution in [3.05, 3.63) is 53.1 Å². The zero-order chi connectivity index (χ0) is 13.1. The second-order valence-electron chi connectivity index (χ2n) is 3.68. The van der Waals surface area contributed by atoms with Gasteiger partial charge in [-0.3, -0.25) is 9.19 Å². The van der Waals surface area contributed by atoms with E-state index in [1.165, 1.54) is 12.3 Å². The molecule has 0 radical (unpaired) electrons. The summed E-state index contributed by atoms with van der Waals surface area (Å²) < 4.78 is 25.0. The van der Waals surface area contributed by atoms with Crippen molar-refractivity contribution in [3.63, 3.8) is 0 Å². The summed E-state index contributed by atoms with van der Waals surface area (Å²) in [6.07, 6.45) is 2.59. The SMILES string of the molecule is Nc1ccc(S(=O)Cc2cncc(F)c2)cc1Cl. The van der Waals surface area contributed by atoms with Crippen LogP contribution in [0.15, 0.2) is 41.6 Å². The molecule has 1 aromatic heterocycles. The second kappa shape index (κ2) is 5.46. The number of nitrogen functional groups attached to an aromatic ring is 1. The fourth-order valence-corrected chi connectivity index (χ4v) is 2.76. The molecule has 18 heavy (non-hydrogen) atoms. The van der Waals surface area contributed by atoms with Crippen LogP contribution in [0.1, 0.15) is 5.56 Å². The number of nitrogens with zero attached hydrogens (tertiary/aromatic N) is 1. The van der Waals surface area contributed by atoms with E-state index >= 15 is 0 Å². The lowest BCUT2D eigenvalue weighted by Gasteiger charge is -2.04. The summed E-state index contributed by atoms with van der Waals surface area (Å²) in [6.45, 7) is 0. The first kappa shape index (κ1) is 13.0. The van der Waals surface area contributed by atoms with E-state index in [0.717, 1.165) is 6.20 Å². The molecule has 0 saturated heterocycles. The maximum Gasteiger partial charge on any atom is 0.141 e. The highest BCUT2D eigenvalue weighted by molar-refractivity contribution is 7.84. The Kier molecular flexibility index (Phi) is 3.93. The minimum Gasteiger partial charge on any atom is -0.398 e. The van der Waals surface area contributed by atoms with Gasteiger partial charge < -0.3 is 5.73 Å². The molecule has 0 aliphatic heterocycles. The van der Waals surface area contributed by atoms with Gasteiger partial charge in [-0.2, -0.15) is 0 Å². The summed E-state index contributed by atoms with van der Waals surface area (Å²) in [6, 6.07) is 6.10. The lowest BCUT2D eigenvalue weighted by Crippen LogP contribution is -1.98. The van der Waals surface area contributed by atoms with E-state index in [9.17, 15) is 8.60 Å². The standard InChI is InChI=1S/C12H10ClFN2OS/c13-11-4-10(1-2-12(11)15)18(17)7-8-3-9(14)6-16-5-8/h1-6H,7,15H2. The van der Waals surface area contributed by atoms with Gasteiger partial charge >= 0.3 is 0 Å². The summed E-state index contributed by atoms with van der Waals surface area (Å²) in [7, 11) is -1.31. The predicted molar refractivity (Wildman–Crippen MR) is 70.2 cm³/mol. The Labute approximate surface area is 111 Å². The highest BCUT2D eigenvalue weighted by Gasteiger charge is 2.08. The predicted octanol–water partition coefficient (Wildman–Crippen LogP) is 2.76. The number of nitrogens with two attached hydrogens (primary N) is 1. The molecule has 0 spiro atoms. The lowest BCUT2D eigenvalue weighted by atomic mass is 10.3. The third-order valence-corrected chi connectivity index (χ3v) is 4.00. The van der Waals surface area contributed by atoms with E-state index in [2.05, 4.69) is 4.98 Å². The maximum absolute atomic E-state index is 12.9. The summed E-state index contributed by atoms with van der Waals surface area (Å²) >= 11 is 5.85. The van der Waals surface area contributed by atoms with Crippen LogP contribution in [0.5, 0.6) is 0 Å². The van der Waals surface area contributed by atoms with Gasteiger partial charge in [0.05, 0.1) is 33.5 Å². The van der Waals surface area contributed by atoms with Crippen LogP contribution >= 0.6 is 11.6 Å². The fraction of sp³-hybridized carbons (Fsp3) is 0.0833. The van der Waals surface area contributed by atoms with Gasteiger partial charge in [0.15, 0.2) is 0 Å². The van der Waals surface area contributed by atoms with Crippen LogP contribution in [0.4, 0.5) is 10.1 Å². The van der Waals surface area contributed by atoms with Crippen molar-refractivity contribution in [3.8, 4) is 0 Å². The smallest absolute Gasteiger partial charge is 0.141 e. The van der Waals surface area contributed by atoms with Crippen molar-refractivity contribution in [2.75, 3.05) is 5.73 Å². The topological polar surface area (TPSA) is 56.0 Å². The highest BCUT2D eigenvalue weighted by Crippen LogP contribution is 2.22. The van der Waals surface area contributed by atoms with E-state index in [-0.39, 0.29) is 5.75 Å². The number of anilines is 1. The van der Waals surface area contributed by atoms with Crippen LogP contribution in [0, 0.1) is 5.82 Å². The molecule has 0 aliphatic rings. The number of hydrogen-bond donors (Lipinski definition) is 1. The molecule has 1 atom stereocenters. The number of hydrogen-bond acceptors (Lipinski definition) is 3. The van der Waals surface area contributed by atoms with Gasteiger partial charge in [-0.15, -0.1) is 0 Å². The van der Waals surface area contributed by atoms with E-state index in [1.807, 2.05) is 0 Å². The van der Waals surface area contributed by atoms with Gasteiger partial charge in [-0.25, -0.2) is 4.39 Å². The number of halogens is 2. The average Bonchev–Trinajstić information content (AvgIpc) is 2.32. The highest BCUT2D eigenvalue weighted by atomic mass is 35.5. The molecule has 0 fully saturated rings. The monoisotopic (exact) mass is 284 g/mol. The second-order valence-corrected chi connectivity index (χ2v) is 5.54. The van der Waals surface area contributed by atoms with Crippen LogP contribution in [0.25, 0.3) is 0 Å². The molecule has 2 rings (SSSR count). The fourth-order valence-electron chi connectivity index (χ4n) is 1.42. The van der Waals surface area contributed by atoms with Gasteiger partial charge in [-0.05, 0) is 29.8 Å². The number of benzene rings is 1. The molecule has 6 heteroatoms. The molecule has 3 nitrogen and oxygen atoms in total. The molecule has 0 bridgehead atoms. The van der Waals surface area contributed by atoms with Gasteiger partial charge in [0.25, 0.3) is 0 Å². The zero-order valence-corrected chi connectivity index (χ0v) is 10.8. The Bertz CT molecular complexity index is 606. The average molecular weight is 285 g/mol. The molecule has 1 aromatic carbocycles. The largest absolute Gasteiger partial charge is 0.398 e. The summed E-state index contributed by atoms with van der Waals surface area (Å²) in [5.74, 6) is -0.259. The van der Waals surface area contributed by atoms with E-state index in [1.54, 1.807) is 18.2 Å². The Morgan fingerprint density at radius 1 is 1.33 bits per heavy atom. The Morgan fingerprint density at radius 3 is 2.78 bits per heavy atom. The number of rotatable bonds is 3. The van der Waals surface area contributed by atoms with Gasteiger partial charge in [-0.1, -0.05) is 11.6 Å². The Balaban J connectivity index is 2.19. The van der Waals surface area contributed by atoms with Gasteiger partial charge in [0, 0.05) is 11.1 Å². The molecule has 0 saturated carbocycles. The van der Waals surface area contributed by atoms with Crippen molar-refractivity contribution < 1.29 is 8.60 Å². The molecule has 2 aromatic rings. The van der Waals surface area contributed by atoms with Crippen molar-refractivity contribution in [1.29, 1.82) is 0 Å². The van der Waals surface area contributed by atoms with Crippen LogP contribution < -0.4 is 5.73 Å². The number of pyridine rings is 1. The third-order valence-electron chi connectivity index (χ3n) is 2.29. The molecule has 1 heterocycles. The Morgan fingerprint density at radius 2 is 2.11 bits per heavy atom. The summed E-state index contributed by atoms with van der Waals surface area (Å²) in [5, 5.41) is 0.359. The summed E-state index contributed by atoms with van der Waals surface area (Å²) in [4.78, 5) is 4.26. The zero-order valence-electron chi connectivity index (χ0n) is 9.27. The molecule has 94 valence electrons. The van der Waals surface area contributed by atoms with Crippen LogP contribution in [-0.2, 0) is 16.6 Å². The molecule has 1 unspecified atom stereocenters. The van der Waals surface area contributed by atoms with Crippen LogP contribution in [0.3, 0.4) is 0 Å². The van der Waals surface area contributed by atoms with E-state index in [4.69, 9.17) is 17.3 Å². The Hall–Kier alpha value is -1.46. The van der Waals surface area contributed by atoms with Gasteiger partial charge in [0.1, 0.15) is 5.82 Å². The van der Waals surface area contributed by atoms with Crippen molar-refractivity contribution in [1.82, 2.24) is 4.98 Å². The minimum atomic E-state index is -1.31. The first-order valence-electron chi connectivity index (χ1n) is 5.09. The number of aromatic nitrogens is 1. The molecular formula is C12H10ClFN2OS. The molecule has 2 N–H and O–H groups in total. The van der Waals surface area contributed by atoms with Crippen LogP contribution in [0.2, 0.25) is 5.02 Å². The van der Waals surface area contributed by atoms with Gasteiger partial charge in [0.2, 0.25) is 0 Å². The first-order chi connectivity index (χ1) is 8.56. The van der Waals surface area contributed by atoms with E-state index in [0.29, 0.717) is 21.2 Å². The first-order valence-corrected chi connectivity index (χ1v) is 6.79. The maximum atomic E-state index is 12.9. The normalized spacial score (nSPS) is 12.3. The quantitative estimate of drug-likeness (QED) is 0.882. The molecule has 0 aliphatic carbocycles.